The zero-order valence-corrected chi connectivity index (χ0v) is 17.3. The van der Waals surface area contributed by atoms with Crippen molar-refractivity contribution in [3.05, 3.63) is 81.9 Å². The number of hydrogen-bond donors (Lipinski definition) is 2. The highest BCUT2D eigenvalue weighted by Crippen LogP contribution is 2.36. The van der Waals surface area contributed by atoms with Crippen LogP contribution in [0.15, 0.2) is 59.7 Å². The Labute approximate surface area is 176 Å². The van der Waals surface area contributed by atoms with Gasteiger partial charge in [-0.3, -0.25) is 9.69 Å². The van der Waals surface area contributed by atoms with E-state index in [-0.39, 0.29) is 11.5 Å². The van der Waals surface area contributed by atoms with E-state index >= 15 is 0 Å². The van der Waals surface area contributed by atoms with Gasteiger partial charge in [0, 0.05) is 74.8 Å². The third-order valence-electron chi connectivity index (χ3n) is 6.27. The van der Waals surface area contributed by atoms with Crippen LogP contribution in [0, 0.1) is 0 Å². The largest absolute Gasteiger partial charge is 0.369 e. The standard InChI is InChI=1S/C24H27N5O/c1-28-8-10-29(11-9-28)16-17-2-4-18(5-3-17)20-12-21-22(15-27-24(21)26-14-20)19-6-7-23(30)25-13-19/h2-7,12-14,22H,8-11,15-16H2,1H3,(H,25,30)(H,26,27). The Bertz CT molecular complexity index is 1060. The van der Waals surface area contributed by atoms with E-state index < -0.39 is 0 Å². The second kappa shape index (κ2) is 8.05. The van der Waals surface area contributed by atoms with Gasteiger partial charge in [-0.25, -0.2) is 4.98 Å². The van der Waals surface area contributed by atoms with E-state index in [0.29, 0.717) is 0 Å². The Kier molecular flexibility index (Phi) is 5.11. The number of anilines is 1. The summed E-state index contributed by atoms with van der Waals surface area (Å²) in [4.78, 5) is 23.7. The molecule has 2 aliphatic heterocycles. The lowest BCUT2D eigenvalue weighted by Gasteiger charge is -2.32. The Morgan fingerprint density at radius 3 is 2.57 bits per heavy atom. The van der Waals surface area contributed by atoms with Crippen molar-refractivity contribution in [3.63, 3.8) is 0 Å². The number of piperazine rings is 1. The van der Waals surface area contributed by atoms with Gasteiger partial charge in [0.2, 0.25) is 5.56 Å². The van der Waals surface area contributed by atoms with Crippen molar-refractivity contribution in [2.75, 3.05) is 45.1 Å². The Balaban J connectivity index is 1.34. The highest BCUT2D eigenvalue weighted by atomic mass is 16.1. The fourth-order valence-electron chi connectivity index (χ4n) is 4.37. The molecule has 0 aliphatic carbocycles. The molecule has 4 heterocycles. The van der Waals surface area contributed by atoms with E-state index in [4.69, 9.17) is 0 Å². The zero-order valence-electron chi connectivity index (χ0n) is 17.3. The van der Waals surface area contributed by atoms with Crippen molar-refractivity contribution < 1.29 is 0 Å². The van der Waals surface area contributed by atoms with Gasteiger partial charge < -0.3 is 15.2 Å². The van der Waals surface area contributed by atoms with Crippen LogP contribution in [0.4, 0.5) is 5.82 Å². The average molecular weight is 402 g/mol. The topological polar surface area (TPSA) is 64.3 Å². The van der Waals surface area contributed by atoms with Gasteiger partial charge in [-0.1, -0.05) is 30.3 Å². The summed E-state index contributed by atoms with van der Waals surface area (Å²) in [7, 11) is 2.19. The molecular weight excluding hydrogens is 374 g/mol. The van der Waals surface area contributed by atoms with Crippen molar-refractivity contribution >= 4 is 5.82 Å². The first-order valence-electron chi connectivity index (χ1n) is 10.6. The van der Waals surface area contributed by atoms with Crippen LogP contribution < -0.4 is 10.9 Å². The van der Waals surface area contributed by atoms with Crippen LogP contribution in [0.2, 0.25) is 0 Å². The van der Waals surface area contributed by atoms with Gasteiger partial charge in [-0.05, 0) is 29.8 Å². The molecule has 0 bridgehead atoms. The smallest absolute Gasteiger partial charge is 0.247 e. The van der Waals surface area contributed by atoms with Crippen LogP contribution in [-0.4, -0.2) is 59.5 Å². The predicted octanol–water partition coefficient (Wildman–Crippen LogP) is 2.74. The van der Waals surface area contributed by atoms with E-state index in [1.54, 1.807) is 6.07 Å². The summed E-state index contributed by atoms with van der Waals surface area (Å²) in [5.74, 6) is 1.13. The Hall–Kier alpha value is -2.96. The molecule has 0 amide bonds. The van der Waals surface area contributed by atoms with E-state index in [1.165, 1.54) is 16.7 Å². The molecule has 30 heavy (non-hydrogen) atoms. The summed E-state index contributed by atoms with van der Waals surface area (Å²) in [6.07, 6.45) is 3.75. The van der Waals surface area contributed by atoms with E-state index in [1.807, 2.05) is 18.5 Å². The highest BCUT2D eigenvalue weighted by Gasteiger charge is 2.25. The maximum absolute atomic E-state index is 11.4. The molecule has 6 nitrogen and oxygen atoms in total. The van der Waals surface area contributed by atoms with Gasteiger partial charge in [0.15, 0.2) is 0 Å². The molecule has 1 aromatic carbocycles. The number of hydrogen-bond acceptors (Lipinski definition) is 5. The number of nitrogens with zero attached hydrogens (tertiary/aromatic N) is 3. The average Bonchev–Trinajstić information content (AvgIpc) is 3.20. The Morgan fingerprint density at radius 2 is 1.83 bits per heavy atom. The molecule has 1 atom stereocenters. The normalized spacial score (nSPS) is 19.4. The molecule has 0 saturated carbocycles. The van der Waals surface area contributed by atoms with Gasteiger partial charge in [0.05, 0.1) is 0 Å². The second-order valence-corrected chi connectivity index (χ2v) is 8.36. The number of benzene rings is 1. The van der Waals surface area contributed by atoms with Gasteiger partial charge in [0.1, 0.15) is 5.82 Å². The number of rotatable bonds is 4. The summed E-state index contributed by atoms with van der Waals surface area (Å²) in [6, 6.07) is 14.6. The number of aromatic amines is 1. The fourth-order valence-corrected chi connectivity index (χ4v) is 4.37. The summed E-state index contributed by atoms with van der Waals surface area (Å²) < 4.78 is 0. The third kappa shape index (κ3) is 3.88. The maximum atomic E-state index is 11.4. The first-order chi connectivity index (χ1) is 14.7. The summed E-state index contributed by atoms with van der Waals surface area (Å²) >= 11 is 0. The molecule has 5 rings (SSSR count). The van der Waals surface area contributed by atoms with Gasteiger partial charge in [-0.15, -0.1) is 0 Å². The minimum Gasteiger partial charge on any atom is -0.369 e. The van der Waals surface area contributed by atoms with E-state index in [0.717, 1.165) is 56.2 Å². The highest BCUT2D eigenvalue weighted by molar-refractivity contribution is 5.68. The van der Waals surface area contributed by atoms with E-state index in [9.17, 15) is 4.79 Å². The maximum Gasteiger partial charge on any atom is 0.247 e. The lowest BCUT2D eigenvalue weighted by Crippen LogP contribution is -2.43. The molecule has 1 saturated heterocycles. The minimum absolute atomic E-state index is 0.0755. The monoisotopic (exact) mass is 401 g/mol. The van der Waals surface area contributed by atoms with Crippen LogP contribution in [0.5, 0.6) is 0 Å². The van der Waals surface area contributed by atoms with Crippen LogP contribution in [-0.2, 0) is 6.54 Å². The lowest BCUT2D eigenvalue weighted by atomic mass is 9.93. The molecule has 154 valence electrons. The first kappa shape index (κ1) is 19.0. The third-order valence-corrected chi connectivity index (χ3v) is 6.27. The molecule has 2 aromatic heterocycles. The molecule has 3 aromatic rings. The number of aromatic nitrogens is 2. The zero-order chi connectivity index (χ0) is 20.5. The molecule has 2 N–H and O–H groups in total. The van der Waals surface area contributed by atoms with Crippen LogP contribution in [0.1, 0.15) is 22.6 Å². The van der Waals surface area contributed by atoms with Crippen LogP contribution >= 0.6 is 0 Å². The van der Waals surface area contributed by atoms with Crippen molar-refractivity contribution in [3.8, 4) is 11.1 Å². The number of fused-ring (bicyclic) bond motifs is 1. The van der Waals surface area contributed by atoms with Gasteiger partial charge in [0.25, 0.3) is 0 Å². The van der Waals surface area contributed by atoms with Gasteiger partial charge >= 0.3 is 0 Å². The molecule has 2 aliphatic rings. The van der Waals surface area contributed by atoms with Crippen molar-refractivity contribution in [2.24, 2.45) is 0 Å². The van der Waals surface area contributed by atoms with Crippen molar-refractivity contribution in [1.29, 1.82) is 0 Å². The summed E-state index contributed by atoms with van der Waals surface area (Å²) in [5, 5.41) is 3.39. The summed E-state index contributed by atoms with van der Waals surface area (Å²) in [6.45, 7) is 6.35. The number of nitrogens with one attached hydrogen (secondary N) is 2. The molecule has 1 unspecified atom stereocenters. The molecule has 6 heteroatoms. The number of H-pyrrole nitrogens is 1. The van der Waals surface area contributed by atoms with Crippen molar-refractivity contribution in [1.82, 2.24) is 19.8 Å². The molecule has 0 spiro atoms. The SMILES string of the molecule is CN1CCN(Cc2ccc(-c3cnc4c(c3)C(c3ccc(=O)[nH]c3)CN4)cc2)CC1. The van der Waals surface area contributed by atoms with Crippen molar-refractivity contribution in [2.45, 2.75) is 12.5 Å². The lowest BCUT2D eigenvalue weighted by molar-refractivity contribution is 0.148. The van der Waals surface area contributed by atoms with E-state index in [2.05, 4.69) is 62.5 Å². The summed E-state index contributed by atoms with van der Waals surface area (Å²) in [5.41, 5.74) is 5.86. The molecule has 1 fully saturated rings. The Morgan fingerprint density at radius 1 is 1.03 bits per heavy atom. The first-order valence-corrected chi connectivity index (χ1v) is 10.6. The fraction of sp³-hybridized carbons (Fsp3) is 0.333. The van der Waals surface area contributed by atoms with Crippen LogP contribution in [0.3, 0.4) is 0 Å². The number of likely N-dealkylation sites (N-methyl/N-ethyl adjacent to an activating group) is 1. The molecular formula is C24H27N5O. The number of pyridine rings is 2. The molecule has 0 radical (unpaired) electrons. The van der Waals surface area contributed by atoms with Gasteiger partial charge in [-0.2, -0.15) is 0 Å². The minimum atomic E-state index is -0.0755. The predicted molar refractivity (Wildman–Crippen MR) is 120 cm³/mol. The van der Waals surface area contributed by atoms with Crippen LogP contribution in [0.25, 0.3) is 11.1 Å². The quantitative estimate of drug-likeness (QED) is 0.704. The second-order valence-electron chi connectivity index (χ2n) is 8.36.